The number of benzene rings is 2. The van der Waals surface area contributed by atoms with E-state index in [1.54, 1.807) is 17.0 Å². The fourth-order valence-corrected chi connectivity index (χ4v) is 5.64. The molecule has 0 spiro atoms. The van der Waals surface area contributed by atoms with Crippen LogP contribution in [-0.4, -0.2) is 73.8 Å². The van der Waals surface area contributed by atoms with Crippen LogP contribution in [0, 0.1) is 0 Å². The average Bonchev–Trinajstić information content (AvgIpc) is 3.43. The molecule has 38 heavy (non-hydrogen) atoms. The average molecular weight is 549 g/mol. The van der Waals surface area contributed by atoms with Gasteiger partial charge in [-0.1, -0.05) is 41.6 Å². The van der Waals surface area contributed by atoms with Crippen molar-refractivity contribution in [2.45, 2.75) is 10.8 Å². The molecule has 10 nitrogen and oxygen atoms in total. The van der Waals surface area contributed by atoms with Gasteiger partial charge >= 0.3 is 0 Å². The molecular weight excluding hydrogens is 524 g/mol. The summed E-state index contributed by atoms with van der Waals surface area (Å²) < 4.78 is 7.04. The van der Waals surface area contributed by atoms with E-state index in [1.807, 2.05) is 36.4 Å². The first-order chi connectivity index (χ1) is 18.7. The number of hydrogen-bond donors (Lipinski definition) is 2. The Morgan fingerprint density at radius 3 is 2.82 bits per heavy atom. The zero-order valence-corrected chi connectivity index (χ0v) is 22.0. The third-order valence-electron chi connectivity index (χ3n) is 6.43. The van der Waals surface area contributed by atoms with E-state index < -0.39 is 0 Å². The molecule has 194 valence electrons. The van der Waals surface area contributed by atoms with Crippen molar-refractivity contribution in [1.29, 1.82) is 0 Å². The van der Waals surface area contributed by atoms with Crippen LogP contribution in [-0.2, 0) is 10.5 Å². The van der Waals surface area contributed by atoms with Gasteiger partial charge in [0, 0.05) is 31.9 Å². The normalized spacial score (nSPS) is 14.3. The van der Waals surface area contributed by atoms with Crippen molar-refractivity contribution >= 4 is 51.1 Å². The van der Waals surface area contributed by atoms with Crippen LogP contribution in [0.3, 0.4) is 0 Å². The predicted octanol–water partition coefficient (Wildman–Crippen LogP) is 3.74. The van der Waals surface area contributed by atoms with E-state index in [4.69, 9.17) is 21.3 Å². The lowest BCUT2D eigenvalue weighted by Gasteiger charge is -2.26. The Bertz CT molecular complexity index is 1650. The Morgan fingerprint density at radius 1 is 1.08 bits per heavy atom. The van der Waals surface area contributed by atoms with E-state index in [0.29, 0.717) is 55.9 Å². The van der Waals surface area contributed by atoms with E-state index in [2.05, 4.69) is 30.2 Å². The lowest BCUT2D eigenvalue weighted by atomic mass is 10.2. The zero-order valence-electron chi connectivity index (χ0n) is 20.4. The van der Waals surface area contributed by atoms with Crippen molar-refractivity contribution < 1.29 is 4.74 Å². The van der Waals surface area contributed by atoms with Crippen molar-refractivity contribution in [3.63, 3.8) is 0 Å². The third-order valence-corrected chi connectivity index (χ3v) is 7.72. The number of hydrogen-bond acceptors (Lipinski definition) is 9. The quantitative estimate of drug-likeness (QED) is 0.221. The summed E-state index contributed by atoms with van der Waals surface area (Å²) in [7, 11) is 0. The molecule has 1 saturated heterocycles. The van der Waals surface area contributed by atoms with Crippen molar-refractivity contribution in [2.24, 2.45) is 0 Å². The second-order valence-corrected chi connectivity index (χ2v) is 10.1. The molecule has 0 unspecified atom stereocenters. The molecule has 2 aromatic carbocycles. The number of fused-ring (bicyclic) bond motifs is 2. The number of imidazole rings is 1. The van der Waals surface area contributed by atoms with Gasteiger partial charge in [0.1, 0.15) is 22.7 Å². The number of aromatic nitrogens is 6. The molecular formula is C26H25ClN8O2S. The van der Waals surface area contributed by atoms with Crippen LogP contribution in [0.15, 0.2) is 64.9 Å². The number of ether oxygens (including phenoxy) is 1. The monoisotopic (exact) mass is 548 g/mol. The number of thioether (sulfide) groups is 1. The van der Waals surface area contributed by atoms with Gasteiger partial charge in [-0.15, -0.1) is 0 Å². The van der Waals surface area contributed by atoms with Gasteiger partial charge in [0.25, 0.3) is 5.56 Å². The van der Waals surface area contributed by atoms with Gasteiger partial charge in [-0.2, -0.15) is 0 Å². The Balaban J connectivity index is 1.38. The Labute approximate surface area is 227 Å². The number of H-pyrrole nitrogens is 1. The van der Waals surface area contributed by atoms with Crippen LogP contribution in [0.25, 0.3) is 27.8 Å². The summed E-state index contributed by atoms with van der Waals surface area (Å²) in [6.45, 7) is 4.90. The summed E-state index contributed by atoms with van der Waals surface area (Å²) in [5.74, 6) is 0.942. The minimum absolute atomic E-state index is 0.180. The molecule has 0 aliphatic carbocycles. The summed E-state index contributed by atoms with van der Waals surface area (Å²) in [6, 6.07) is 13.0. The summed E-state index contributed by atoms with van der Waals surface area (Å²) in [5, 5.41) is 5.16. The minimum atomic E-state index is -0.180. The number of nitrogens with zero attached hydrogens (tertiary/aromatic N) is 6. The van der Waals surface area contributed by atoms with Crippen LogP contribution in [0.4, 0.5) is 5.69 Å². The lowest BCUT2D eigenvalue weighted by Crippen LogP contribution is -2.39. The number of para-hydroxylation sites is 1. The summed E-state index contributed by atoms with van der Waals surface area (Å²) in [4.78, 5) is 37.3. The van der Waals surface area contributed by atoms with E-state index in [9.17, 15) is 4.79 Å². The van der Waals surface area contributed by atoms with E-state index >= 15 is 0 Å². The topological polar surface area (TPSA) is 114 Å². The molecule has 3 aromatic heterocycles. The maximum atomic E-state index is 14.1. The highest BCUT2D eigenvalue weighted by atomic mass is 35.5. The number of anilines is 1. The highest BCUT2D eigenvalue weighted by Gasteiger charge is 2.19. The van der Waals surface area contributed by atoms with Crippen LogP contribution in [0.5, 0.6) is 0 Å². The van der Waals surface area contributed by atoms with Crippen LogP contribution >= 0.6 is 23.4 Å². The van der Waals surface area contributed by atoms with Gasteiger partial charge in [-0.3, -0.25) is 14.3 Å². The second kappa shape index (κ2) is 11.1. The molecule has 1 aliphatic heterocycles. The highest BCUT2D eigenvalue weighted by Crippen LogP contribution is 2.29. The van der Waals surface area contributed by atoms with E-state index in [1.165, 1.54) is 18.1 Å². The molecule has 0 radical (unpaired) electrons. The predicted molar refractivity (Wildman–Crippen MR) is 149 cm³/mol. The van der Waals surface area contributed by atoms with Gasteiger partial charge in [0.2, 0.25) is 0 Å². The SMILES string of the molecule is O=c1c2c(NCCN3CCOCC3)cccc2nc(CSc2ncnc3[nH]cnc23)n1-c1ccccc1Cl. The van der Waals surface area contributed by atoms with Crippen LogP contribution in [0.2, 0.25) is 5.02 Å². The van der Waals surface area contributed by atoms with E-state index in [0.717, 1.165) is 38.5 Å². The molecule has 0 atom stereocenters. The molecule has 4 heterocycles. The number of nitrogens with one attached hydrogen (secondary N) is 2. The Kier molecular flexibility index (Phi) is 7.23. The zero-order chi connectivity index (χ0) is 25.9. The van der Waals surface area contributed by atoms with Crippen LogP contribution in [0.1, 0.15) is 5.82 Å². The number of rotatable bonds is 8. The molecule has 12 heteroatoms. The summed E-state index contributed by atoms with van der Waals surface area (Å²) in [5.41, 5.74) is 3.11. The maximum absolute atomic E-state index is 14.1. The smallest absolute Gasteiger partial charge is 0.268 e. The molecule has 0 bridgehead atoms. The third kappa shape index (κ3) is 4.97. The van der Waals surface area contributed by atoms with Crippen molar-refractivity contribution in [2.75, 3.05) is 44.7 Å². The molecule has 5 aromatic rings. The summed E-state index contributed by atoms with van der Waals surface area (Å²) >= 11 is 8.03. The fraction of sp³-hybridized carbons (Fsp3) is 0.269. The van der Waals surface area contributed by atoms with Gasteiger partial charge < -0.3 is 15.0 Å². The van der Waals surface area contributed by atoms with E-state index in [-0.39, 0.29) is 5.56 Å². The number of halogens is 1. The van der Waals surface area contributed by atoms with Gasteiger partial charge in [0.15, 0.2) is 5.65 Å². The Hall–Kier alpha value is -3.51. The maximum Gasteiger partial charge on any atom is 0.268 e. The molecule has 0 saturated carbocycles. The highest BCUT2D eigenvalue weighted by molar-refractivity contribution is 7.98. The second-order valence-electron chi connectivity index (χ2n) is 8.77. The van der Waals surface area contributed by atoms with Gasteiger partial charge in [0.05, 0.1) is 46.9 Å². The molecule has 2 N–H and O–H groups in total. The fourth-order valence-electron chi connectivity index (χ4n) is 4.56. The Morgan fingerprint density at radius 2 is 1.95 bits per heavy atom. The number of morpholine rings is 1. The summed E-state index contributed by atoms with van der Waals surface area (Å²) in [6.07, 6.45) is 3.08. The van der Waals surface area contributed by atoms with Gasteiger partial charge in [-0.25, -0.2) is 19.9 Å². The van der Waals surface area contributed by atoms with Crippen molar-refractivity contribution in [3.8, 4) is 5.69 Å². The first-order valence-corrected chi connectivity index (χ1v) is 13.7. The van der Waals surface area contributed by atoms with Crippen molar-refractivity contribution in [3.05, 3.63) is 76.3 Å². The van der Waals surface area contributed by atoms with Crippen LogP contribution < -0.4 is 10.9 Å². The lowest BCUT2D eigenvalue weighted by molar-refractivity contribution is 0.0398. The molecule has 1 fully saturated rings. The first kappa shape index (κ1) is 24.8. The number of aromatic amines is 1. The first-order valence-electron chi connectivity index (χ1n) is 12.3. The van der Waals surface area contributed by atoms with Crippen molar-refractivity contribution in [1.82, 2.24) is 34.4 Å². The largest absolute Gasteiger partial charge is 0.383 e. The standard InChI is InChI=1S/C26H25ClN8O2S/c27-17-4-1-2-7-20(17)35-21(14-38-25-23-24(30-15-29-23)31-16-32-25)33-19-6-3-5-18(22(19)26(35)36)28-8-9-34-10-12-37-13-11-34/h1-7,15-16,28H,8-14H2,(H,29,30,31,32). The molecule has 6 rings (SSSR count). The van der Waals surface area contributed by atoms with Gasteiger partial charge in [-0.05, 0) is 24.3 Å². The molecule has 0 amide bonds. The minimum Gasteiger partial charge on any atom is -0.383 e. The molecule has 1 aliphatic rings.